The number of hydrogen-bond donors (Lipinski definition) is 2. The maximum Gasteiger partial charge on any atom is 0.234 e. The molecule has 0 bridgehead atoms. The highest BCUT2D eigenvalue weighted by molar-refractivity contribution is 6.52. The molecule has 0 atom stereocenters. The van der Waals surface area contributed by atoms with Crippen LogP contribution in [0.3, 0.4) is 0 Å². The van der Waals surface area contributed by atoms with Gasteiger partial charge in [-0.2, -0.15) is 0 Å². The minimum Gasteiger partial charge on any atom is -0.504 e. The van der Waals surface area contributed by atoms with Gasteiger partial charge >= 0.3 is 0 Å². The zero-order valence-electron chi connectivity index (χ0n) is 23.2. The van der Waals surface area contributed by atoms with E-state index in [4.69, 9.17) is 28.4 Å². The molecule has 222 valence electrons. The Labute approximate surface area is 248 Å². The molecule has 0 aliphatic carbocycles. The van der Waals surface area contributed by atoms with Gasteiger partial charge in [-0.25, -0.2) is 0 Å². The van der Waals surface area contributed by atoms with Crippen LogP contribution < -0.4 is 28.4 Å². The minimum atomic E-state index is -1.05. The van der Waals surface area contributed by atoms with Crippen LogP contribution in [0.25, 0.3) is 11.1 Å². The summed E-state index contributed by atoms with van der Waals surface area (Å²) in [6.45, 7) is -0.0796. The van der Waals surface area contributed by atoms with Gasteiger partial charge in [-0.3, -0.25) is 19.2 Å². The highest BCUT2D eigenvalue weighted by Crippen LogP contribution is 2.42. The van der Waals surface area contributed by atoms with Crippen LogP contribution in [0.1, 0.15) is 41.4 Å². The fourth-order valence-electron chi connectivity index (χ4n) is 4.87. The van der Waals surface area contributed by atoms with Crippen molar-refractivity contribution in [1.29, 1.82) is 0 Å². The lowest BCUT2D eigenvalue weighted by Gasteiger charge is -2.17. The van der Waals surface area contributed by atoms with E-state index in [1.165, 1.54) is 62.8 Å². The van der Waals surface area contributed by atoms with Crippen LogP contribution in [0.5, 0.6) is 46.0 Å². The van der Waals surface area contributed by atoms with E-state index in [-0.39, 0.29) is 70.0 Å². The molecule has 0 radical (unpaired) electrons. The van der Waals surface area contributed by atoms with Gasteiger partial charge in [0.1, 0.15) is 0 Å². The van der Waals surface area contributed by atoms with E-state index in [9.17, 15) is 29.4 Å². The van der Waals surface area contributed by atoms with Crippen molar-refractivity contribution in [3.05, 3.63) is 82.9 Å². The van der Waals surface area contributed by atoms with Gasteiger partial charge in [0.05, 0.1) is 14.2 Å². The van der Waals surface area contributed by atoms with Gasteiger partial charge in [0.2, 0.25) is 36.7 Å². The number of methoxy groups -OCH3 is 2. The van der Waals surface area contributed by atoms with Gasteiger partial charge in [0, 0.05) is 22.3 Å². The zero-order valence-corrected chi connectivity index (χ0v) is 23.2. The summed E-state index contributed by atoms with van der Waals surface area (Å²) in [5.41, 5.74) is -0.777. The fraction of sp³-hybridized carbons (Fsp3) is 0.125. The second kappa shape index (κ2) is 11.0. The normalized spacial score (nSPS) is 12.5. The summed E-state index contributed by atoms with van der Waals surface area (Å²) < 4.78 is 31.6. The number of carbonyl (C=O) groups excluding carboxylic acids is 4. The molecule has 2 heterocycles. The predicted octanol–water partition coefficient (Wildman–Crippen LogP) is 4.37. The Morgan fingerprint density at radius 3 is 1.32 bits per heavy atom. The zero-order chi connectivity index (χ0) is 31.1. The van der Waals surface area contributed by atoms with Crippen molar-refractivity contribution < 1.29 is 57.8 Å². The molecule has 4 aromatic carbocycles. The van der Waals surface area contributed by atoms with Crippen molar-refractivity contribution in [3.8, 4) is 57.1 Å². The van der Waals surface area contributed by atoms with Crippen LogP contribution in [0.4, 0.5) is 0 Å². The van der Waals surface area contributed by atoms with Gasteiger partial charge in [-0.15, -0.1) is 0 Å². The van der Waals surface area contributed by atoms with Crippen LogP contribution in [0, 0.1) is 0 Å². The van der Waals surface area contributed by atoms with Crippen molar-refractivity contribution >= 4 is 23.1 Å². The lowest BCUT2D eigenvalue weighted by molar-refractivity contribution is 0.0816. The SMILES string of the molecule is COc1cc(-c2cc(OC)c(O)cc2C(=O)C(=O)c2ccc3c(c2)OCO3)c(C(=O)C(=O)c2ccc3c(c2)OCO3)cc1O. The molecule has 12 nitrogen and oxygen atoms in total. The van der Waals surface area contributed by atoms with E-state index >= 15 is 0 Å². The third kappa shape index (κ3) is 4.77. The Balaban J connectivity index is 1.48. The molecule has 2 aliphatic rings. The Hall–Kier alpha value is -6.04. The van der Waals surface area contributed by atoms with E-state index < -0.39 is 34.6 Å². The third-order valence-corrected chi connectivity index (χ3v) is 7.10. The maximum absolute atomic E-state index is 13.7. The summed E-state index contributed by atoms with van der Waals surface area (Å²) in [7, 11) is 2.54. The number of fused-ring (bicyclic) bond motifs is 2. The van der Waals surface area contributed by atoms with Crippen LogP contribution in [0.15, 0.2) is 60.7 Å². The van der Waals surface area contributed by atoms with Gasteiger partial charge < -0.3 is 38.6 Å². The second-order valence-corrected chi connectivity index (χ2v) is 9.59. The number of aromatic hydroxyl groups is 2. The first-order chi connectivity index (χ1) is 21.2. The summed E-state index contributed by atoms with van der Waals surface area (Å²) in [6, 6.07) is 13.0. The quantitative estimate of drug-likeness (QED) is 0.207. The molecule has 0 unspecified atom stereocenters. The Kier molecular flexibility index (Phi) is 7.01. The number of benzene rings is 4. The van der Waals surface area contributed by atoms with Gasteiger partial charge in [-0.05, 0) is 71.8 Å². The van der Waals surface area contributed by atoms with E-state index in [0.717, 1.165) is 12.1 Å². The Bertz CT molecular complexity index is 1750. The number of carbonyl (C=O) groups is 4. The molecule has 4 aromatic rings. The number of ketones is 4. The highest BCUT2D eigenvalue weighted by atomic mass is 16.7. The number of ether oxygens (including phenoxy) is 6. The van der Waals surface area contributed by atoms with Gasteiger partial charge in [-0.1, -0.05) is 0 Å². The number of Topliss-reactive ketones (excluding diaryl/α,β-unsaturated/α-hetero) is 4. The molecule has 12 heteroatoms. The first-order valence-electron chi connectivity index (χ1n) is 13.0. The highest BCUT2D eigenvalue weighted by Gasteiger charge is 2.31. The molecule has 44 heavy (non-hydrogen) atoms. The van der Waals surface area contributed by atoms with Crippen molar-refractivity contribution in [2.45, 2.75) is 0 Å². The summed E-state index contributed by atoms with van der Waals surface area (Å²) in [6.07, 6.45) is 0. The van der Waals surface area contributed by atoms with Gasteiger partial charge in [0.15, 0.2) is 46.0 Å². The summed E-state index contributed by atoms with van der Waals surface area (Å²) in [4.78, 5) is 54.3. The van der Waals surface area contributed by atoms with E-state index in [0.29, 0.717) is 11.5 Å². The number of phenolic OH excluding ortho intramolecular Hbond substituents is 2. The summed E-state index contributed by atoms with van der Waals surface area (Å²) in [5.74, 6) is -3.77. The molecule has 0 fully saturated rings. The third-order valence-electron chi connectivity index (χ3n) is 7.10. The van der Waals surface area contributed by atoms with Crippen LogP contribution in [0.2, 0.25) is 0 Å². The molecule has 6 rings (SSSR count). The largest absolute Gasteiger partial charge is 0.504 e. The molecule has 2 N–H and O–H groups in total. The maximum atomic E-state index is 13.7. The smallest absolute Gasteiger partial charge is 0.234 e. The van der Waals surface area contributed by atoms with Crippen molar-refractivity contribution in [1.82, 2.24) is 0 Å². The lowest BCUT2D eigenvalue weighted by Crippen LogP contribution is -2.18. The molecule has 0 amide bonds. The van der Waals surface area contributed by atoms with Crippen molar-refractivity contribution in [3.63, 3.8) is 0 Å². The molecule has 0 saturated heterocycles. The average Bonchev–Trinajstić information content (AvgIpc) is 3.72. The lowest BCUT2D eigenvalue weighted by atomic mass is 9.87. The summed E-state index contributed by atoms with van der Waals surface area (Å²) >= 11 is 0. The number of hydrogen-bond acceptors (Lipinski definition) is 12. The van der Waals surface area contributed by atoms with Gasteiger partial charge in [0.25, 0.3) is 0 Å². The molecule has 0 spiro atoms. The standard InChI is InChI=1S/C32H22O12/c1-39-25-11-17(19(9-21(25)33)31(37)29(35)15-3-5-23-27(7-15)43-13-41-23)18-12-26(40-2)22(34)10-20(18)32(38)30(36)16-4-6-24-28(8-16)44-14-42-24/h3-12,33-34H,13-14H2,1-2H3. The van der Waals surface area contributed by atoms with Crippen molar-refractivity contribution in [2.75, 3.05) is 27.8 Å². The number of rotatable bonds is 9. The second-order valence-electron chi connectivity index (χ2n) is 9.59. The topological polar surface area (TPSA) is 164 Å². The first kappa shape index (κ1) is 28.1. The van der Waals surface area contributed by atoms with E-state index in [1.807, 2.05) is 0 Å². The van der Waals surface area contributed by atoms with Crippen LogP contribution >= 0.6 is 0 Å². The van der Waals surface area contributed by atoms with E-state index in [2.05, 4.69) is 0 Å². The molecular formula is C32H22O12. The summed E-state index contributed by atoms with van der Waals surface area (Å²) in [5, 5.41) is 21.2. The van der Waals surface area contributed by atoms with Crippen LogP contribution in [-0.4, -0.2) is 61.2 Å². The van der Waals surface area contributed by atoms with E-state index in [1.54, 1.807) is 0 Å². The Morgan fingerprint density at radius 2 is 0.932 bits per heavy atom. The monoisotopic (exact) mass is 598 g/mol. The molecule has 2 aliphatic heterocycles. The number of phenols is 2. The first-order valence-corrected chi connectivity index (χ1v) is 13.0. The molecule has 0 saturated carbocycles. The minimum absolute atomic E-state index is 0.0157. The van der Waals surface area contributed by atoms with Crippen LogP contribution in [-0.2, 0) is 0 Å². The average molecular weight is 599 g/mol. The molecular weight excluding hydrogens is 576 g/mol. The van der Waals surface area contributed by atoms with Crippen molar-refractivity contribution in [2.24, 2.45) is 0 Å². The molecule has 0 aromatic heterocycles. The Morgan fingerprint density at radius 1 is 0.545 bits per heavy atom. The fourth-order valence-corrected chi connectivity index (χ4v) is 4.87. The predicted molar refractivity (Wildman–Crippen MR) is 151 cm³/mol.